The fourth-order valence-corrected chi connectivity index (χ4v) is 3.43. The molecule has 1 rings (SSSR count). The zero-order valence-electron chi connectivity index (χ0n) is 17.9. The van der Waals surface area contributed by atoms with E-state index in [0.29, 0.717) is 6.61 Å². The summed E-state index contributed by atoms with van der Waals surface area (Å²) in [5, 5.41) is 9.12. The summed E-state index contributed by atoms with van der Waals surface area (Å²) in [6.45, 7) is 4.10. The predicted molar refractivity (Wildman–Crippen MR) is 119 cm³/mol. The van der Waals surface area contributed by atoms with E-state index in [1.54, 1.807) is 12.1 Å². The van der Waals surface area contributed by atoms with Gasteiger partial charge in [-0.1, -0.05) is 88.8 Å². The lowest BCUT2D eigenvalue weighted by Gasteiger charge is -2.07. The minimum absolute atomic E-state index is 0.00908. The maximum absolute atomic E-state index is 12.0. The van der Waals surface area contributed by atoms with Gasteiger partial charge in [0.1, 0.15) is 0 Å². The van der Waals surface area contributed by atoms with Crippen molar-refractivity contribution in [3.63, 3.8) is 0 Å². The van der Waals surface area contributed by atoms with Crippen LogP contribution in [0.3, 0.4) is 0 Å². The molecule has 0 aliphatic heterocycles. The number of hydrogen-bond acceptors (Lipinski definition) is 3. The smallest absolute Gasteiger partial charge is 0.339 e. The number of unbranched alkanes of at least 4 members (excludes halogenated alkanes) is 13. The number of benzene rings is 1. The number of aromatic carboxylic acids is 1. The summed E-state index contributed by atoms with van der Waals surface area (Å²) in [6, 6.07) is 6.16. The number of carboxylic acid groups (broad SMARTS) is 1. The molecule has 0 aliphatic rings. The van der Waals surface area contributed by atoms with Crippen molar-refractivity contribution in [3.8, 4) is 0 Å². The van der Waals surface area contributed by atoms with Crippen LogP contribution in [0.15, 0.2) is 36.9 Å². The second-order valence-corrected chi connectivity index (χ2v) is 7.66. The molecule has 0 aliphatic carbocycles. The van der Waals surface area contributed by atoms with Crippen LogP contribution in [0.4, 0.5) is 0 Å². The Kier molecular flexibility index (Phi) is 14.5. The Labute approximate surface area is 176 Å². The zero-order valence-corrected chi connectivity index (χ0v) is 17.9. The minimum Gasteiger partial charge on any atom is -0.478 e. The maximum Gasteiger partial charge on any atom is 0.339 e. The van der Waals surface area contributed by atoms with E-state index in [0.717, 1.165) is 25.7 Å². The highest BCUT2D eigenvalue weighted by Gasteiger charge is 2.16. The quantitative estimate of drug-likeness (QED) is 0.160. The van der Waals surface area contributed by atoms with Gasteiger partial charge in [-0.05, 0) is 31.4 Å². The van der Waals surface area contributed by atoms with Gasteiger partial charge < -0.3 is 9.84 Å². The van der Waals surface area contributed by atoms with Gasteiger partial charge >= 0.3 is 11.9 Å². The molecular weight excluding hydrogens is 364 g/mol. The number of allylic oxidation sites excluding steroid dienone is 1. The van der Waals surface area contributed by atoms with Crippen molar-refractivity contribution in [1.82, 2.24) is 0 Å². The van der Waals surface area contributed by atoms with E-state index in [-0.39, 0.29) is 11.1 Å². The molecule has 0 unspecified atom stereocenters. The summed E-state index contributed by atoms with van der Waals surface area (Å²) in [5.41, 5.74) is 0.113. The Balaban J connectivity index is 1.92. The lowest BCUT2D eigenvalue weighted by atomic mass is 10.0. The SMILES string of the molecule is C=CCCCCCCCCCCCCCCCOC(=O)c1ccccc1C(=O)O. The monoisotopic (exact) mass is 402 g/mol. The number of esters is 1. The first-order valence-electron chi connectivity index (χ1n) is 11.3. The van der Waals surface area contributed by atoms with Gasteiger partial charge in [0.05, 0.1) is 17.7 Å². The van der Waals surface area contributed by atoms with Crippen LogP contribution in [0.25, 0.3) is 0 Å². The molecule has 1 N–H and O–H groups in total. The van der Waals surface area contributed by atoms with Crippen LogP contribution < -0.4 is 0 Å². The summed E-state index contributed by atoms with van der Waals surface area (Å²) < 4.78 is 5.23. The van der Waals surface area contributed by atoms with Crippen LogP contribution in [0.2, 0.25) is 0 Å². The van der Waals surface area contributed by atoms with Gasteiger partial charge in [-0.15, -0.1) is 6.58 Å². The van der Waals surface area contributed by atoms with Gasteiger partial charge in [-0.25, -0.2) is 9.59 Å². The zero-order chi connectivity index (χ0) is 21.2. The highest BCUT2D eigenvalue weighted by Crippen LogP contribution is 2.14. The van der Waals surface area contributed by atoms with Crippen LogP contribution in [-0.4, -0.2) is 23.7 Å². The first kappa shape index (κ1) is 24.9. The van der Waals surface area contributed by atoms with Gasteiger partial charge in [0.15, 0.2) is 0 Å². The van der Waals surface area contributed by atoms with Crippen LogP contribution >= 0.6 is 0 Å². The molecule has 0 atom stereocenters. The van der Waals surface area contributed by atoms with Crippen LogP contribution in [0.1, 0.15) is 111 Å². The number of ether oxygens (including phenoxy) is 1. The van der Waals surface area contributed by atoms with Crippen molar-refractivity contribution in [2.75, 3.05) is 6.61 Å². The molecule has 162 valence electrons. The molecule has 0 fully saturated rings. The van der Waals surface area contributed by atoms with Crippen molar-refractivity contribution in [3.05, 3.63) is 48.0 Å². The van der Waals surface area contributed by atoms with Crippen LogP contribution in [0, 0.1) is 0 Å². The highest BCUT2D eigenvalue weighted by molar-refractivity contribution is 6.02. The second kappa shape index (κ2) is 16.8. The molecule has 4 nitrogen and oxygen atoms in total. The van der Waals surface area contributed by atoms with E-state index in [4.69, 9.17) is 9.84 Å². The normalized spacial score (nSPS) is 10.6. The summed E-state index contributed by atoms with van der Waals surface area (Å²) in [5.74, 6) is -1.66. The van der Waals surface area contributed by atoms with Gasteiger partial charge in [-0.3, -0.25) is 0 Å². The molecule has 0 radical (unpaired) electrons. The van der Waals surface area contributed by atoms with Crippen molar-refractivity contribution in [1.29, 1.82) is 0 Å². The number of carbonyl (C=O) groups excluding carboxylic acids is 1. The van der Waals surface area contributed by atoms with Gasteiger partial charge in [0.2, 0.25) is 0 Å². The fourth-order valence-electron chi connectivity index (χ4n) is 3.43. The molecular formula is C25H38O4. The number of carbonyl (C=O) groups is 2. The lowest BCUT2D eigenvalue weighted by Crippen LogP contribution is -2.12. The molecule has 1 aromatic carbocycles. The Hall–Kier alpha value is -2.10. The van der Waals surface area contributed by atoms with Crippen LogP contribution in [0.5, 0.6) is 0 Å². The molecule has 0 bridgehead atoms. The number of hydrogen-bond donors (Lipinski definition) is 1. The van der Waals surface area contributed by atoms with Crippen molar-refractivity contribution in [2.45, 2.75) is 89.9 Å². The lowest BCUT2D eigenvalue weighted by molar-refractivity contribution is 0.0487. The molecule has 29 heavy (non-hydrogen) atoms. The average molecular weight is 403 g/mol. The Bertz CT molecular complexity index is 594. The summed E-state index contributed by atoms with van der Waals surface area (Å²) >= 11 is 0. The van der Waals surface area contributed by atoms with Crippen LogP contribution in [-0.2, 0) is 4.74 Å². The van der Waals surface area contributed by atoms with E-state index in [2.05, 4.69) is 6.58 Å². The summed E-state index contributed by atoms with van der Waals surface area (Å²) in [7, 11) is 0. The Morgan fingerprint density at radius 1 is 0.759 bits per heavy atom. The van der Waals surface area contributed by atoms with Gasteiger partial charge in [0.25, 0.3) is 0 Å². The van der Waals surface area contributed by atoms with E-state index >= 15 is 0 Å². The first-order valence-corrected chi connectivity index (χ1v) is 11.3. The molecule has 0 saturated carbocycles. The first-order chi connectivity index (χ1) is 14.2. The molecule has 0 amide bonds. The topological polar surface area (TPSA) is 63.6 Å². The molecule has 0 aromatic heterocycles. The third-order valence-electron chi connectivity index (χ3n) is 5.16. The molecule has 0 saturated heterocycles. The third kappa shape index (κ3) is 12.1. The summed E-state index contributed by atoms with van der Waals surface area (Å²) in [6.07, 6.45) is 19.4. The molecule has 0 heterocycles. The van der Waals surface area contributed by atoms with Crippen molar-refractivity contribution < 1.29 is 19.4 Å². The maximum atomic E-state index is 12.0. The van der Waals surface area contributed by atoms with E-state index < -0.39 is 11.9 Å². The van der Waals surface area contributed by atoms with Gasteiger partial charge in [-0.2, -0.15) is 0 Å². The van der Waals surface area contributed by atoms with Crippen molar-refractivity contribution >= 4 is 11.9 Å². The van der Waals surface area contributed by atoms with Crippen molar-refractivity contribution in [2.24, 2.45) is 0 Å². The standard InChI is InChI=1S/C25H38O4/c1-2-3-4-5-6-7-8-9-10-11-12-13-14-15-18-21-29-25(28)23-20-17-16-19-22(23)24(26)27/h2,16-17,19-20H,1,3-15,18,21H2,(H,26,27). The second-order valence-electron chi connectivity index (χ2n) is 7.66. The largest absolute Gasteiger partial charge is 0.478 e. The highest BCUT2D eigenvalue weighted by atomic mass is 16.5. The van der Waals surface area contributed by atoms with E-state index in [9.17, 15) is 9.59 Å². The Morgan fingerprint density at radius 2 is 1.21 bits per heavy atom. The van der Waals surface area contributed by atoms with E-state index in [1.165, 1.54) is 76.3 Å². The Morgan fingerprint density at radius 3 is 1.69 bits per heavy atom. The number of rotatable bonds is 18. The van der Waals surface area contributed by atoms with E-state index in [1.807, 2.05) is 6.08 Å². The molecule has 0 spiro atoms. The average Bonchev–Trinajstić information content (AvgIpc) is 2.73. The third-order valence-corrected chi connectivity index (χ3v) is 5.16. The predicted octanol–water partition coefficient (Wildman–Crippen LogP) is 7.19. The molecule has 4 heteroatoms. The fraction of sp³-hybridized carbons (Fsp3) is 0.600. The van der Waals surface area contributed by atoms with Gasteiger partial charge in [0, 0.05) is 0 Å². The summed E-state index contributed by atoms with van der Waals surface area (Å²) in [4.78, 5) is 23.2. The number of carboxylic acids is 1. The minimum atomic E-state index is -1.11. The molecule has 1 aromatic rings.